The van der Waals surface area contributed by atoms with Gasteiger partial charge in [0.05, 0.1) is 0 Å². The number of benzene rings is 1. The van der Waals surface area contributed by atoms with E-state index in [0.717, 1.165) is 6.07 Å². The van der Waals surface area contributed by atoms with Crippen LogP contribution >= 0.6 is 15.9 Å². The van der Waals surface area contributed by atoms with E-state index < -0.39 is 16.1 Å². The van der Waals surface area contributed by atoms with E-state index >= 15 is 0 Å². The summed E-state index contributed by atoms with van der Waals surface area (Å²) in [6, 6.07) is 8.11. The summed E-state index contributed by atoms with van der Waals surface area (Å²) in [5, 5.41) is 0. The SMILES string of the molecule is O=CC(Br)(c1ccc(F)cc1)c1ccnc(F)c1. The van der Waals surface area contributed by atoms with E-state index in [0.29, 0.717) is 17.4 Å². The number of rotatable bonds is 3. The molecule has 0 aliphatic carbocycles. The Morgan fingerprint density at radius 3 is 2.33 bits per heavy atom. The molecule has 1 atom stereocenters. The smallest absolute Gasteiger partial charge is 0.213 e. The Balaban J connectivity index is 2.54. The van der Waals surface area contributed by atoms with Crippen LogP contribution in [0.25, 0.3) is 0 Å². The molecule has 5 heteroatoms. The van der Waals surface area contributed by atoms with Gasteiger partial charge >= 0.3 is 0 Å². The third-order valence-corrected chi connectivity index (χ3v) is 3.68. The van der Waals surface area contributed by atoms with Crippen molar-refractivity contribution in [1.82, 2.24) is 4.98 Å². The van der Waals surface area contributed by atoms with Crippen LogP contribution < -0.4 is 0 Å². The van der Waals surface area contributed by atoms with Crippen molar-refractivity contribution >= 4 is 22.2 Å². The highest BCUT2D eigenvalue weighted by atomic mass is 79.9. The van der Waals surface area contributed by atoms with Gasteiger partial charge in [-0.3, -0.25) is 0 Å². The highest BCUT2D eigenvalue weighted by Crippen LogP contribution is 2.36. The maximum Gasteiger partial charge on any atom is 0.213 e. The minimum absolute atomic E-state index is 0.400. The Bertz CT molecular complexity index is 573. The van der Waals surface area contributed by atoms with E-state index in [9.17, 15) is 13.6 Å². The number of aromatic nitrogens is 1. The zero-order chi connectivity index (χ0) is 13.2. The number of carbonyl (C=O) groups excluding carboxylic acids is 1. The second kappa shape index (κ2) is 4.94. The van der Waals surface area contributed by atoms with Crippen LogP contribution in [-0.2, 0) is 9.12 Å². The van der Waals surface area contributed by atoms with Crippen molar-refractivity contribution in [3.05, 3.63) is 65.5 Å². The summed E-state index contributed by atoms with van der Waals surface area (Å²) in [7, 11) is 0. The molecule has 0 bridgehead atoms. The molecule has 0 radical (unpaired) electrons. The third kappa shape index (κ3) is 2.31. The largest absolute Gasteiger partial charge is 0.301 e. The first kappa shape index (κ1) is 12.8. The van der Waals surface area contributed by atoms with Gasteiger partial charge in [-0.1, -0.05) is 28.1 Å². The van der Waals surface area contributed by atoms with E-state index in [2.05, 4.69) is 20.9 Å². The molecule has 2 nitrogen and oxygen atoms in total. The van der Waals surface area contributed by atoms with Gasteiger partial charge in [0.25, 0.3) is 0 Å². The molecule has 0 aliphatic rings. The number of nitrogens with zero attached hydrogens (tertiary/aromatic N) is 1. The lowest BCUT2D eigenvalue weighted by Crippen LogP contribution is -2.22. The van der Waals surface area contributed by atoms with Crippen molar-refractivity contribution in [3.63, 3.8) is 0 Å². The summed E-state index contributed by atoms with van der Waals surface area (Å²) < 4.78 is 24.8. The fourth-order valence-corrected chi connectivity index (χ4v) is 2.13. The van der Waals surface area contributed by atoms with Crippen molar-refractivity contribution in [2.45, 2.75) is 4.32 Å². The maximum atomic E-state index is 13.1. The summed E-state index contributed by atoms with van der Waals surface area (Å²) in [5.74, 6) is -1.08. The molecule has 0 aliphatic heterocycles. The number of halogens is 3. The van der Waals surface area contributed by atoms with Crippen LogP contribution in [0.3, 0.4) is 0 Å². The van der Waals surface area contributed by atoms with Gasteiger partial charge in [-0.2, -0.15) is 4.39 Å². The van der Waals surface area contributed by atoms with Crippen LogP contribution in [0.4, 0.5) is 8.78 Å². The van der Waals surface area contributed by atoms with Gasteiger partial charge in [-0.05, 0) is 35.4 Å². The Hall–Kier alpha value is -1.62. The molecule has 0 saturated carbocycles. The molecule has 18 heavy (non-hydrogen) atoms. The lowest BCUT2D eigenvalue weighted by atomic mass is 9.93. The molecule has 1 aromatic heterocycles. The Morgan fingerprint density at radius 2 is 1.78 bits per heavy atom. The van der Waals surface area contributed by atoms with E-state index in [-0.39, 0.29) is 0 Å². The topological polar surface area (TPSA) is 30.0 Å². The van der Waals surface area contributed by atoms with Crippen LogP contribution in [-0.4, -0.2) is 11.3 Å². The number of alkyl halides is 1. The van der Waals surface area contributed by atoms with Crippen molar-refractivity contribution < 1.29 is 13.6 Å². The van der Waals surface area contributed by atoms with Gasteiger partial charge in [0, 0.05) is 6.20 Å². The van der Waals surface area contributed by atoms with Crippen LogP contribution in [0, 0.1) is 11.8 Å². The molecule has 0 saturated heterocycles. The Labute approximate surface area is 111 Å². The first-order chi connectivity index (χ1) is 8.56. The third-order valence-electron chi connectivity index (χ3n) is 2.57. The van der Waals surface area contributed by atoms with Crippen LogP contribution in [0.1, 0.15) is 11.1 Å². The lowest BCUT2D eigenvalue weighted by Gasteiger charge is -2.21. The zero-order valence-corrected chi connectivity index (χ0v) is 10.7. The lowest BCUT2D eigenvalue weighted by molar-refractivity contribution is -0.109. The number of aldehydes is 1. The molecule has 92 valence electrons. The molecular weight excluding hydrogens is 304 g/mol. The zero-order valence-electron chi connectivity index (χ0n) is 9.11. The molecule has 2 aromatic rings. The van der Waals surface area contributed by atoms with Crippen molar-refractivity contribution in [2.75, 3.05) is 0 Å². The molecule has 0 spiro atoms. The van der Waals surface area contributed by atoms with Crippen LogP contribution in [0.5, 0.6) is 0 Å². The van der Waals surface area contributed by atoms with Gasteiger partial charge in [0.2, 0.25) is 5.95 Å². The average molecular weight is 312 g/mol. The summed E-state index contributed by atoms with van der Waals surface area (Å²) in [6.45, 7) is 0. The molecule has 1 unspecified atom stereocenters. The minimum Gasteiger partial charge on any atom is -0.301 e. The van der Waals surface area contributed by atoms with Gasteiger partial charge in [-0.25, -0.2) is 9.37 Å². The fraction of sp³-hybridized carbons (Fsp3) is 0.0769. The summed E-state index contributed by atoms with van der Waals surface area (Å²) >= 11 is 3.27. The van der Waals surface area contributed by atoms with Crippen molar-refractivity contribution in [3.8, 4) is 0 Å². The first-order valence-electron chi connectivity index (χ1n) is 5.09. The fourth-order valence-electron chi connectivity index (χ4n) is 1.62. The van der Waals surface area contributed by atoms with Crippen LogP contribution in [0.15, 0.2) is 42.6 Å². The number of carbonyl (C=O) groups is 1. The maximum absolute atomic E-state index is 13.1. The number of hydrogen-bond acceptors (Lipinski definition) is 2. The van der Waals surface area contributed by atoms with E-state index in [1.807, 2.05) is 0 Å². The van der Waals surface area contributed by atoms with Gasteiger partial charge in [0.15, 0.2) is 0 Å². The summed E-state index contributed by atoms with van der Waals surface area (Å²) in [4.78, 5) is 14.8. The summed E-state index contributed by atoms with van der Waals surface area (Å²) in [6.07, 6.45) is 1.91. The van der Waals surface area contributed by atoms with Gasteiger partial charge in [0.1, 0.15) is 16.4 Å². The second-order valence-corrected chi connectivity index (χ2v) is 4.95. The number of pyridine rings is 1. The highest BCUT2D eigenvalue weighted by molar-refractivity contribution is 9.10. The quantitative estimate of drug-likeness (QED) is 0.495. The summed E-state index contributed by atoms with van der Waals surface area (Å²) in [5.41, 5.74) is 0.918. The predicted octanol–water partition coefficient (Wildman–Crippen LogP) is 3.20. The molecule has 1 aromatic carbocycles. The predicted molar refractivity (Wildman–Crippen MR) is 66.4 cm³/mol. The average Bonchev–Trinajstić information content (AvgIpc) is 2.38. The number of hydrogen-bond donors (Lipinski definition) is 0. The van der Waals surface area contributed by atoms with E-state index in [4.69, 9.17) is 0 Å². The molecule has 0 amide bonds. The first-order valence-corrected chi connectivity index (χ1v) is 5.89. The molecule has 0 N–H and O–H groups in total. The standard InChI is InChI=1S/C13H8BrF2NO/c14-13(8-18,9-1-3-11(15)4-2-9)10-5-6-17-12(16)7-10/h1-8H. The Morgan fingerprint density at radius 1 is 1.11 bits per heavy atom. The van der Waals surface area contributed by atoms with E-state index in [1.54, 1.807) is 0 Å². The van der Waals surface area contributed by atoms with Crippen molar-refractivity contribution in [2.24, 2.45) is 0 Å². The molecular formula is C13H8BrF2NO. The Kier molecular flexibility index (Phi) is 3.52. The second-order valence-electron chi connectivity index (χ2n) is 3.70. The normalized spacial score (nSPS) is 13.9. The molecule has 0 fully saturated rings. The molecule has 2 rings (SSSR count). The van der Waals surface area contributed by atoms with E-state index in [1.165, 1.54) is 36.5 Å². The monoisotopic (exact) mass is 311 g/mol. The van der Waals surface area contributed by atoms with Gasteiger partial charge < -0.3 is 4.79 Å². The van der Waals surface area contributed by atoms with Crippen LogP contribution in [0.2, 0.25) is 0 Å². The molecule has 1 heterocycles. The minimum atomic E-state index is -1.20. The highest BCUT2D eigenvalue weighted by Gasteiger charge is 2.31. The van der Waals surface area contributed by atoms with Crippen molar-refractivity contribution in [1.29, 1.82) is 0 Å². The van der Waals surface area contributed by atoms with Gasteiger partial charge in [-0.15, -0.1) is 0 Å².